The maximum absolute atomic E-state index is 6.03. The van der Waals surface area contributed by atoms with Crippen LogP contribution in [0.2, 0.25) is 10.0 Å². The number of hydrogen-bond acceptors (Lipinski definition) is 1. The molecule has 3 heteroatoms. The molecule has 0 heterocycles. The summed E-state index contributed by atoms with van der Waals surface area (Å²) in [5.41, 5.74) is 1.04. The molecule has 0 amide bonds. The Morgan fingerprint density at radius 2 is 1.64 bits per heavy atom. The van der Waals surface area contributed by atoms with Crippen molar-refractivity contribution in [2.75, 3.05) is 0 Å². The predicted octanol–water partition coefficient (Wildman–Crippen LogP) is 3.88. The van der Waals surface area contributed by atoms with E-state index < -0.39 is 0 Å². The molecule has 0 radical (unpaired) electrons. The van der Waals surface area contributed by atoms with Crippen molar-refractivity contribution in [1.29, 1.82) is 0 Å². The van der Waals surface area contributed by atoms with Gasteiger partial charge >= 0.3 is 0 Å². The Hall–Kier alpha value is -0.240. The number of benzene rings is 1. The molecule has 14 heavy (non-hydrogen) atoms. The third kappa shape index (κ3) is 3.49. The second-order valence-electron chi connectivity index (χ2n) is 4.30. The first kappa shape index (κ1) is 11.8. The average molecular weight is 232 g/mol. The lowest BCUT2D eigenvalue weighted by atomic mass is 10.1. The van der Waals surface area contributed by atoms with Crippen LogP contribution in [0, 0.1) is 0 Å². The van der Waals surface area contributed by atoms with Crippen molar-refractivity contribution in [3.05, 3.63) is 33.8 Å². The van der Waals surface area contributed by atoms with E-state index in [0.29, 0.717) is 16.6 Å². The fourth-order valence-electron chi connectivity index (χ4n) is 1.05. The molecular weight excluding hydrogens is 217 g/mol. The molecule has 1 rings (SSSR count). The molecular formula is C11H15Cl2N. The fourth-order valence-corrected chi connectivity index (χ4v) is 1.59. The van der Waals surface area contributed by atoms with E-state index in [2.05, 4.69) is 26.1 Å². The first-order valence-corrected chi connectivity index (χ1v) is 5.34. The first-order valence-electron chi connectivity index (χ1n) is 4.58. The van der Waals surface area contributed by atoms with Crippen molar-refractivity contribution in [2.24, 2.45) is 0 Å². The smallest absolute Gasteiger partial charge is 0.0465 e. The van der Waals surface area contributed by atoms with Crippen molar-refractivity contribution in [3.63, 3.8) is 0 Å². The van der Waals surface area contributed by atoms with Crippen molar-refractivity contribution in [2.45, 2.75) is 32.9 Å². The van der Waals surface area contributed by atoms with Gasteiger partial charge in [-0.15, -0.1) is 0 Å². The van der Waals surface area contributed by atoms with Gasteiger partial charge < -0.3 is 5.32 Å². The SMILES string of the molecule is CC(C)(C)NCc1c(Cl)cccc1Cl. The lowest BCUT2D eigenvalue weighted by Crippen LogP contribution is -2.35. The summed E-state index contributed by atoms with van der Waals surface area (Å²) in [6.07, 6.45) is 0. The van der Waals surface area contributed by atoms with Crippen molar-refractivity contribution in [1.82, 2.24) is 5.32 Å². The van der Waals surface area contributed by atoms with E-state index in [0.717, 1.165) is 5.56 Å². The number of hydrogen-bond donors (Lipinski definition) is 1. The minimum atomic E-state index is 0.0719. The van der Waals surface area contributed by atoms with Crippen LogP contribution < -0.4 is 5.32 Å². The second-order valence-corrected chi connectivity index (χ2v) is 5.12. The van der Waals surface area contributed by atoms with Gasteiger partial charge in [0.2, 0.25) is 0 Å². The zero-order valence-electron chi connectivity index (χ0n) is 8.70. The molecule has 0 fully saturated rings. The van der Waals surface area contributed by atoms with E-state index in [1.807, 2.05) is 18.2 Å². The maximum atomic E-state index is 6.03. The van der Waals surface area contributed by atoms with Crippen LogP contribution in [0.25, 0.3) is 0 Å². The highest BCUT2D eigenvalue weighted by atomic mass is 35.5. The molecule has 1 N–H and O–H groups in total. The minimum absolute atomic E-state index is 0.0719. The molecule has 0 saturated carbocycles. The largest absolute Gasteiger partial charge is 0.308 e. The molecule has 0 aliphatic carbocycles. The zero-order valence-corrected chi connectivity index (χ0v) is 10.2. The van der Waals surface area contributed by atoms with Gasteiger partial charge in [0.05, 0.1) is 0 Å². The standard InChI is InChI=1S/C11H15Cl2N/c1-11(2,3)14-7-8-9(12)5-4-6-10(8)13/h4-6,14H,7H2,1-3H3. The van der Waals surface area contributed by atoms with Crippen LogP contribution in [0.15, 0.2) is 18.2 Å². The van der Waals surface area contributed by atoms with E-state index >= 15 is 0 Å². The van der Waals surface area contributed by atoms with Gasteiger partial charge in [0, 0.05) is 27.7 Å². The molecule has 0 bridgehead atoms. The molecule has 78 valence electrons. The monoisotopic (exact) mass is 231 g/mol. The third-order valence-corrected chi connectivity index (χ3v) is 2.57. The van der Waals surface area contributed by atoms with Crippen LogP contribution in [0.1, 0.15) is 26.3 Å². The summed E-state index contributed by atoms with van der Waals surface area (Å²) in [5, 5.41) is 4.78. The van der Waals surface area contributed by atoms with Crippen LogP contribution in [0.4, 0.5) is 0 Å². The number of halogens is 2. The van der Waals surface area contributed by atoms with Crippen LogP contribution in [-0.2, 0) is 6.54 Å². The summed E-state index contributed by atoms with van der Waals surface area (Å²) in [6.45, 7) is 7.02. The van der Waals surface area contributed by atoms with Gasteiger partial charge in [-0.25, -0.2) is 0 Å². The van der Waals surface area contributed by atoms with Gasteiger partial charge in [-0.05, 0) is 32.9 Å². The molecule has 1 aromatic rings. The highest BCUT2D eigenvalue weighted by Gasteiger charge is 2.11. The summed E-state index contributed by atoms with van der Waals surface area (Å²) < 4.78 is 0. The van der Waals surface area contributed by atoms with Crippen molar-refractivity contribution >= 4 is 23.2 Å². The van der Waals surface area contributed by atoms with E-state index in [4.69, 9.17) is 23.2 Å². The van der Waals surface area contributed by atoms with E-state index in [-0.39, 0.29) is 5.54 Å². The second kappa shape index (κ2) is 4.52. The Morgan fingerprint density at radius 3 is 2.07 bits per heavy atom. The molecule has 0 aromatic heterocycles. The normalized spacial score (nSPS) is 11.8. The maximum Gasteiger partial charge on any atom is 0.0465 e. The highest BCUT2D eigenvalue weighted by molar-refractivity contribution is 6.35. The lowest BCUT2D eigenvalue weighted by molar-refractivity contribution is 0.424. The topological polar surface area (TPSA) is 12.0 Å². The third-order valence-electron chi connectivity index (χ3n) is 1.86. The predicted molar refractivity (Wildman–Crippen MR) is 63.1 cm³/mol. The molecule has 1 aromatic carbocycles. The quantitative estimate of drug-likeness (QED) is 0.815. The van der Waals surface area contributed by atoms with E-state index in [1.54, 1.807) is 0 Å². The van der Waals surface area contributed by atoms with Gasteiger partial charge in [-0.3, -0.25) is 0 Å². The van der Waals surface area contributed by atoms with Crippen LogP contribution >= 0.6 is 23.2 Å². The van der Waals surface area contributed by atoms with Crippen molar-refractivity contribution < 1.29 is 0 Å². The van der Waals surface area contributed by atoms with Crippen LogP contribution in [0.5, 0.6) is 0 Å². The van der Waals surface area contributed by atoms with Gasteiger partial charge in [-0.1, -0.05) is 29.3 Å². The Kier molecular flexibility index (Phi) is 3.82. The van der Waals surface area contributed by atoms with Gasteiger partial charge in [0.1, 0.15) is 0 Å². The molecule has 1 nitrogen and oxygen atoms in total. The Morgan fingerprint density at radius 1 is 1.14 bits per heavy atom. The van der Waals surface area contributed by atoms with Crippen LogP contribution in [0.3, 0.4) is 0 Å². The summed E-state index contributed by atoms with van der Waals surface area (Å²) in [5.74, 6) is 0. The first-order chi connectivity index (χ1) is 6.40. The Bertz CT molecular complexity index is 295. The van der Waals surface area contributed by atoms with Crippen molar-refractivity contribution in [3.8, 4) is 0 Å². The van der Waals surface area contributed by atoms with Gasteiger partial charge in [-0.2, -0.15) is 0 Å². The van der Waals surface area contributed by atoms with E-state index in [9.17, 15) is 0 Å². The van der Waals surface area contributed by atoms with Gasteiger partial charge in [0.15, 0.2) is 0 Å². The lowest BCUT2D eigenvalue weighted by Gasteiger charge is -2.21. The highest BCUT2D eigenvalue weighted by Crippen LogP contribution is 2.24. The number of nitrogens with one attached hydrogen (secondary N) is 1. The number of rotatable bonds is 2. The van der Waals surface area contributed by atoms with Crippen LogP contribution in [-0.4, -0.2) is 5.54 Å². The molecule has 0 saturated heterocycles. The Labute approximate surface area is 95.4 Å². The molecule has 0 aliphatic rings. The molecule has 0 aliphatic heterocycles. The molecule has 0 atom stereocenters. The average Bonchev–Trinajstić information content (AvgIpc) is 2.01. The molecule has 0 unspecified atom stereocenters. The Balaban J connectivity index is 2.77. The summed E-state index contributed by atoms with van der Waals surface area (Å²) in [6, 6.07) is 5.56. The zero-order chi connectivity index (χ0) is 10.8. The fraction of sp³-hybridized carbons (Fsp3) is 0.455. The summed E-state index contributed by atoms with van der Waals surface area (Å²) >= 11 is 12.1. The minimum Gasteiger partial charge on any atom is -0.308 e. The summed E-state index contributed by atoms with van der Waals surface area (Å²) in [7, 11) is 0. The molecule has 0 spiro atoms. The van der Waals surface area contributed by atoms with Gasteiger partial charge in [0.25, 0.3) is 0 Å². The van der Waals surface area contributed by atoms with E-state index in [1.165, 1.54) is 0 Å². The summed E-state index contributed by atoms with van der Waals surface area (Å²) in [4.78, 5) is 0.